The molecule has 8 heteroatoms. The van der Waals surface area contributed by atoms with Crippen LogP contribution in [0.15, 0.2) is 36.4 Å². The molecule has 0 radical (unpaired) electrons. The van der Waals surface area contributed by atoms with Gasteiger partial charge in [0, 0.05) is 24.6 Å². The van der Waals surface area contributed by atoms with Gasteiger partial charge >= 0.3 is 0 Å². The zero-order chi connectivity index (χ0) is 19.4. The van der Waals surface area contributed by atoms with Gasteiger partial charge in [0.2, 0.25) is 0 Å². The third kappa shape index (κ3) is 4.77. The summed E-state index contributed by atoms with van der Waals surface area (Å²) in [6, 6.07) is 6.12. The van der Waals surface area contributed by atoms with E-state index in [2.05, 4.69) is 10.6 Å². The maximum atomic E-state index is 13.5. The van der Waals surface area contributed by atoms with E-state index in [0.717, 1.165) is 24.3 Å². The van der Waals surface area contributed by atoms with E-state index in [1.807, 2.05) is 0 Å². The molecule has 1 saturated heterocycles. The number of halogens is 4. The minimum atomic E-state index is -0.939. The zero-order valence-corrected chi connectivity index (χ0v) is 14.3. The third-order valence-corrected chi connectivity index (χ3v) is 4.45. The molecule has 1 fully saturated rings. The lowest BCUT2D eigenvalue weighted by Crippen LogP contribution is -2.51. The monoisotopic (exact) mass is 382 g/mol. The van der Waals surface area contributed by atoms with Gasteiger partial charge in [-0.1, -0.05) is 6.07 Å². The van der Waals surface area contributed by atoms with E-state index in [9.17, 15) is 22.4 Å². The second-order valence-electron chi connectivity index (χ2n) is 6.31. The fourth-order valence-electron chi connectivity index (χ4n) is 3.14. The van der Waals surface area contributed by atoms with Gasteiger partial charge in [-0.2, -0.15) is 0 Å². The Kier molecular flexibility index (Phi) is 5.95. The standard InChI is InChI=1S/C19H18F4N2O2/c20-12-2-4-18(16(23)8-12)27-10-19(26)25-17-9-24-6-5-13(17)11-1-3-14(21)15(22)7-11/h1-4,7-8,13,17,24H,5-6,9-10H2,(H,25,26). The molecule has 0 spiro atoms. The molecule has 2 N–H and O–H groups in total. The fourth-order valence-corrected chi connectivity index (χ4v) is 3.14. The average Bonchev–Trinajstić information content (AvgIpc) is 2.64. The Balaban J connectivity index is 1.63. The van der Waals surface area contributed by atoms with Crippen molar-refractivity contribution >= 4 is 5.91 Å². The molecule has 2 atom stereocenters. The first kappa shape index (κ1) is 19.2. The third-order valence-electron chi connectivity index (χ3n) is 4.45. The van der Waals surface area contributed by atoms with Crippen molar-refractivity contribution in [1.29, 1.82) is 0 Å². The minimum absolute atomic E-state index is 0.201. The van der Waals surface area contributed by atoms with Crippen LogP contribution in [-0.2, 0) is 4.79 Å². The Hall–Kier alpha value is -2.61. The summed E-state index contributed by atoms with van der Waals surface area (Å²) in [5, 5.41) is 5.89. The Morgan fingerprint density at radius 2 is 1.89 bits per heavy atom. The molecule has 27 heavy (non-hydrogen) atoms. The summed E-state index contributed by atoms with van der Waals surface area (Å²) in [5.74, 6) is -4.44. The number of ether oxygens (including phenoxy) is 1. The SMILES string of the molecule is O=C(COc1ccc(F)cc1F)NC1CNCCC1c1ccc(F)c(F)c1. The highest BCUT2D eigenvalue weighted by Crippen LogP contribution is 2.27. The second-order valence-corrected chi connectivity index (χ2v) is 6.31. The van der Waals surface area contributed by atoms with Crippen LogP contribution in [0.25, 0.3) is 0 Å². The Bertz CT molecular complexity index is 831. The summed E-state index contributed by atoms with van der Waals surface area (Å²) in [4.78, 5) is 12.2. The van der Waals surface area contributed by atoms with Crippen molar-refractivity contribution in [2.75, 3.05) is 19.7 Å². The van der Waals surface area contributed by atoms with Gasteiger partial charge in [0.25, 0.3) is 5.91 Å². The summed E-state index contributed by atoms with van der Waals surface area (Å²) in [5.41, 5.74) is 0.589. The molecule has 0 aliphatic carbocycles. The molecule has 1 aliphatic heterocycles. The van der Waals surface area contributed by atoms with Crippen LogP contribution in [0.2, 0.25) is 0 Å². The van der Waals surface area contributed by atoms with Crippen LogP contribution in [0, 0.1) is 23.3 Å². The number of piperidine rings is 1. The fraction of sp³-hybridized carbons (Fsp3) is 0.316. The largest absolute Gasteiger partial charge is 0.481 e. The van der Waals surface area contributed by atoms with E-state index >= 15 is 0 Å². The molecule has 4 nitrogen and oxygen atoms in total. The van der Waals surface area contributed by atoms with Crippen LogP contribution >= 0.6 is 0 Å². The van der Waals surface area contributed by atoms with E-state index in [1.54, 1.807) is 0 Å². The van der Waals surface area contributed by atoms with Gasteiger partial charge in [0.05, 0.1) is 0 Å². The van der Waals surface area contributed by atoms with E-state index in [0.29, 0.717) is 31.1 Å². The molecule has 2 unspecified atom stereocenters. The van der Waals surface area contributed by atoms with Gasteiger partial charge in [0.15, 0.2) is 29.8 Å². The van der Waals surface area contributed by atoms with E-state index in [1.165, 1.54) is 6.07 Å². The van der Waals surface area contributed by atoms with Gasteiger partial charge in [-0.15, -0.1) is 0 Å². The summed E-state index contributed by atoms with van der Waals surface area (Å²) >= 11 is 0. The van der Waals surface area contributed by atoms with Crippen LogP contribution in [0.4, 0.5) is 17.6 Å². The van der Waals surface area contributed by atoms with Gasteiger partial charge in [-0.3, -0.25) is 4.79 Å². The molecule has 3 rings (SSSR count). The van der Waals surface area contributed by atoms with Crippen LogP contribution in [0.5, 0.6) is 5.75 Å². The quantitative estimate of drug-likeness (QED) is 0.782. The summed E-state index contributed by atoms with van der Waals surface area (Å²) < 4.78 is 58.2. The summed E-state index contributed by atoms with van der Waals surface area (Å²) in [7, 11) is 0. The normalized spacial score (nSPS) is 19.6. The van der Waals surface area contributed by atoms with Crippen molar-refractivity contribution in [3.63, 3.8) is 0 Å². The molecule has 1 heterocycles. The van der Waals surface area contributed by atoms with Gasteiger partial charge in [0.1, 0.15) is 5.82 Å². The molecule has 0 aromatic heterocycles. The van der Waals surface area contributed by atoms with Gasteiger partial charge in [-0.25, -0.2) is 17.6 Å². The van der Waals surface area contributed by atoms with Crippen molar-refractivity contribution in [3.05, 3.63) is 65.2 Å². The van der Waals surface area contributed by atoms with E-state index in [4.69, 9.17) is 4.74 Å². The average molecular weight is 382 g/mol. The molecular formula is C19H18F4N2O2. The first-order chi connectivity index (χ1) is 12.9. The van der Waals surface area contributed by atoms with Crippen LogP contribution in [0.3, 0.4) is 0 Å². The van der Waals surface area contributed by atoms with Crippen molar-refractivity contribution in [1.82, 2.24) is 10.6 Å². The predicted molar refractivity (Wildman–Crippen MR) is 90.4 cm³/mol. The van der Waals surface area contributed by atoms with Crippen molar-refractivity contribution in [3.8, 4) is 5.75 Å². The maximum absolute atomic E-state index is 13.5. The van der Waals surface area contributed by atoms with Gasteiger partial charge < -0.3 is 15.4 Å². The van der Waals surface area contributed by atoms with E-state index < -0.39 is 35.8 Å². The van der Waals surface area contributed by atoms with Crippen molar-refractivity contribution < 1.29 is 27.1 Å². The number of benzene rings is 2. The number of hydrogen-bond acceptors (Lipinski definition) is 3. The lowest BCUT2D eigenvalue weighted by atomic mass is 9.86. The smallest absolute Gasteiger partial charge is 0.258 e. The molecule has 0 bridgehead atoms. The Morgan fingerprint density at radius 1 is 1.07 bits per heavy atom. The first-order valence-electron chi connectivity index (χ1n) is 8.47. The molecule has 2 aromatic carbocycles. The number of carbonyl (C=O) groups is 1. The summed E-state index contributed by atoms with van der Waals surface area (Å²) in [6.45, 7) is 0.664. The first-order valence-corrected chi connectivity index (χ1v) is 8.47. The zero-order valence-electron chi connectivity index (χ0n) is 14.3. The Morgan fingerprint density at radius 3 is 2.63 bits per heavy atom. The van der Waals surface area contributed by atoms with Crippen molar-refractivity contribution in [2.24, 2.45) is 0 Å². The molecular weight excluding hydrogens is 364 g/mol. The number of amides is 1. The molecule has 144 valence electrons. The highest BCUT2D eigenvalue weighted by Gasteiger charge is 2.28. The molecule has 2 aromatic rings. The number of rotatable bonds is 5. The minimum Gasteiger partial charge on any atom is -0.481 e. The van der Waals surface area contributed by atoms with E-state index in [-0.39, 0.29) is 17.7 Å². The second kappa shape index (κ2) is 8.39. The highest BCUT2D eigenvalue weighted by molar-refractivity contribution is 5.78. The lowest BCUT2D eigenvalue weighted by Gasteiger charge is -2.33. The lowest BCUT2D eigenvalue weighted by molar-refractivity contribution is -0.124. The summed E-state index contributed by atoms with van der Waals surface area (Å²) in [6.07, 6.45) is 0.628. The van der Waals surface area contributed by atoms with Crippen LogP contribution in [0.1, 0.15) is 17.9 Å². The highest BCUT2D eigenvalue weighted by atomic mass is 19.2. The van der Waals surface area contributed by atoms with Crippen molar-refractivity contribution in [2.45, 2.75) is 18.4 Å². The number of nitrogens with one attached hydrogen (secondary N) is 2. The van der Waals surface area contributed by atoms with Crippen LogP contribution < -0.4 is 15.4 Å². The topological polar surface area (TPSA) is 50.4 Å². The van der Waals surface area contributed by atoms with Crippen LogP contribution in [-0.4, -0.2) is 31.6 Å². The van der Waals surface area contributed by atoms with Gasteiger partial charge in [-0.05, 0) is 42.8 Å². The Labute approximate surface area is 153 Å². The molecule has 1 amide bonds. The molecule has 1 aliphatic rings. The number of hydrogen-bond donors (Lipinski definition) is 2. The maximum Gasteiger partial charge on any atom is 0.258 e. The number of carbonyl (C=O) groups excluding carboxylic acids is 1. The molecule has 0 saturated carbocycles. The predicted octanol–water partition coefficient (Wildman–Crippen LogP) is 2.88.